The highest BCUT2D eigenvalue weighted by Gasteiger charge is 2.26. The Morgan fingerprint density at radius 1 is 0.944 bits per heavy atom. The molecule has 0 spiro atoms. The summed E-state index contributed by atoms with van der Waals surface area (Å²) >= 11 is 7.01. The Balaban J connectivity index is 2.33. The molecule has 1 unspecified atom stereocenters. The molecule has 0 aliphatic rings. The zero-order valence-electron chi connectivity index (χ0n) is 10.0. The Labute approximate surface area is 124 Å². The Kier molecular flexibility index (Phi) is 4.25. The molecule has 1 N–H and O–H groups in total. The van der Waals surface area contributed by atoms with Gasteiger partial charge in [-0.25, -0.2) is 0 Å². The van der Waals surface area contributed by atoms with Gasteiger partial charge < -0.3 is 5.11 Å². The molecule has 2 aromatic rings. The van der Waals surface area contributed by atoms with Gasteiger partial charge in [-0.05, 0) is 30.2 Å². The van der Waals surface area contributed by atoms with E-state index in [-0.39, 0.29) is 0 Å². The number of halogens is 2. The molecule has 0 aliphatic carbocycles. The summed E-state index contributed by atoms with van der Waals surface area (Å²) in [5.74, 6) is 0. The number of aliphatic hydroxyl groups is 1. The van der Waals surface area contributed by atoms with Gasteiger partial charge in [-0.2, -0.15) is 0 Å². The van der Waals surface area contributed by atoms with Gasteiger partial charge in [0.25, 0.3) is 0 Å². The number of hydrogen-bond donors (Lipinski definition) is 1. The minimum absolute atomic E-state index is 0.567. The van der Waals surface area contributed by atoms with E-state index in [4.69, 9.17) is 0 Å². The first-order valence-electron chi connectivity index (χ1n) is 5.71. The quantitative estimate of drug-likeness (QED) is 0.833. The van der Waals surface area contributed by atoms with Crippen LogP contribution in [0, 0.1) is 0 Å². The summed E-state index contributed by atoms with van der Waals surface area (Å²) in [5, 5.41) is 10.7. The monoisotopic (exact) mass is 368 g/mol. The van der Waals surface area contributed by atoms with Crippen molar-refractivity contribution in [2.45, 2.75) is 18.9 Å². The number of rotatable bonds is 3. The van der Waals surface area contributed by atoms with Crippen molar-refractivity contribution in [1.82, 2.24) is 0 Å². The first-order chi connectivity index (χ1) is 8.50. The van der Waals surface area contributed by atoms with Gasteiger partial charge in [-0.1, -0.05) is 68.3 Å². The number of benzene rings is 2. The van der Waals surface area contributed by atoms with Crippen LogP contribution in [0.25, 0.3) is 0 Å². The smallest absolute Gasteiger partial charge is 0.0919 e. The summed E-state index contributed by atoms with van der Waals surface area (Å²) in [6.07, 6.45) is 0.567. The molecular weight excluding hydrogens is 356 g/mol. The van der Waals surface area contributed by atoms with Gasteiger partial charge in [0, 0.05) is 15.4 Å². The molecular formula is C15H14Br2O. The Hall–Kier alpha value is -0.640. The van der Waals surface area contributed by atoms with Crippen LogP contribution in [0.3, 0.4) is 0 Å². The van der Waals surface area contributed by atoms with E-state index in [1.165, 1.54) is 0 Å². The molecule has 0 heterocycles. The lowest BCUT2D eigenvalue weighted by Crippen LogP contribution is -2.25. The van der Waals surface area contributed by atoms with Gasteiger partial charge >= 0.3 is 0 Å². The van der Waals surface area contributed by atoms with Crippen molar-refractivity contribution in [3.63, 3.8) is 0 Å². The topological polar surface area (TPSA) is 20.2 Å². The van der Waals surface area contributed by atoms with Crippen molar-refractivity contribution in [3.05, 3.63) is 68.6 Å². The summed E-state index contributed by atoms with van der Waals surface area (Å²) in [5.41, 5.74) is 1.10. The van der Waals surface area contributed by atoms with Crippen molar-refractivity contribution in [2.24, 2.45) is 0 Å². The summed E-state index contributed by atoms with van der Waals surface area (Å²) in [4.78, 5) is 0. The Bertz CT molecular complexity index is 550. The van der Waals surface area contributed by atoms with Gasteiger partial charge in [0.1, 0.15) is 0 Å². The first kappa shape index (κ1) is 13.8. The van der Waals surface area contributed by atoms with E-state index in [0.29, 0.717) is 6.42 Å². The molecule has 1 nitrogen and oxygen atoms in total. The molecule has 94 valence electrons. The summed E-state index contributed by atoms with van der Waals surface area (Å²) in [6, 6.07) is 15.7. The van der Waals surface area contributed by atoms with E-state index in [1.807, 2.05) is 55.5 Å². The third-order valence-corrected chi connectivity index (χ3v) is 4.41. The standard InChI is InChI=1S/C15H14Br2O/c1-15(18,12-7-3-5-9-14(12)17)10-11-6-2-4-8-13(11)16/h2-9,18H,10H2,1H3. The fourth-order valence-corrected chi connectivity index (χ4v) is 3.14. The van der Waals surface area contributed by atoms with E-state index in [2.05, 4.69) is 31.9 Å². The van der Waals surface area contributed by atoms with E-state index in [0.717, 1.165) is 20.1 Å². The molecule has 2 rings (SSSR count). The Morgan fingerprint density at radius 2 is 1.50 bits per heavy atom. The molecule has 1 atom stereocenters. The third kappa shape index (κ3) is 3.02. The zero-order valence-corrected chi connectivity index (χ0v) is 13.2. The molecule has 0 saturated heterocycles. The van der Waals surface area contributed by atoms with Gasteiger partial charge in [-0.3, -0.25) is 0 Å². The second-order valence-corrected chi connectivity index (χ2v) is 6.23. The van der Waals surface area contributed by atoms with E-state index < -0.39 is 5.60 Å². The lowest BCUT2D eigenvalue weighted by atomic mass is 9.89. The summed E-state index contributed by atoms with van der Waals surface area (Å²) in [7, 11) is 0. The fourth-order valence-electron chi connectivity index (χ4n) is 2.01. The van der Waals surface area contributed by atoms with Crippen LogP contribution in [0.2, 0.25) is 0 Å². The van der Waals surface area contributed by atoms with Crippen LogP contribution in [0.5, 0.6) is 0 Å². The van der Waals surface area contributed by atoms with Gasteiger partial charge in [0.15, 0.2) is 0 Å². The Morgan fingerprint density at radius 3 is 2.11 bits per heavy atom. The van der Waals surface area contributed by atoms with Gasteiger partial charge in [0.2, 0.25) is 0 Å². The fraction of sp³-hybridized carbons (Fsp3) is 0.200. The van der Waals surface area contributed by atoms with Crippen LogP contribution in [0.4, 0.5) is 0 Å². The first-order valence-corrected chi connectivity index (χ1v) is 7.30. The SMILES string of the molecule is CC(O)(Cc1ccccc1Br)c1ccccc1Br. The van der Waals surface area contributed by atoms with Crippen LogP contribution in [-0.4, -0.2) is 5.11 Å². The molecule has 0 amide bonds. The average molecular weight is 370 g/mol. The van der Waals surface area contributed by atoms with Crippen molar-refractivity contribution >= 4 is 31.9 Å². The normalized spacial score (nSPS) is 14.2. The third-order valence-electron chi connectivity index (χ3n) is 2.95. The van der Waals surface area contributed by atoms with Crippen LogP contribution in [0.1, 0.15) is 18.1 Å². The van der Waals surface area contributed by atoms with Crippen LogP contribution >= 0.6 is 31.9 Å². The highest BCUT2D eigenvalue weighted by molar-refractivity contribution is 9.10. The van der Waals surface area contributed by atoms with Crippen molar-refractivity contribution < 1.29 is 5.11 Å². The maximum absolute atomic E-state index is 10.7. The molecule has 0 aromatic heterocycles. The van der Waals surface area contributed by atoms with Crippen LogP contribution < -0.4 is 0 Å². The van der Waals surface area contributed by atoms with Gasteiger partial charge in [0.05, 0.1) is 5.60 Å². The van der Waals surface area contributed by atoms with Crippen LogP contribution in [0.15, 0.2) is 57.5 Å². The maximum atomic E-state index is 10.7. The molecule has 0 bridgehead atoms. The largest absolute Gasteiger partial charge is 0.385 e. The van der Waals surface area contributed by atoms with Gasteiger partial charge in [-0.15, -0.1) is 0 Å². The molecule has 18 heavy (non-hydrogen) atoms. The predicted octanol–water partition coefficient (Wildman–Crippen LogP) is 4.66. The second-order valence-electron chi connectivity index (χ2n) is 4.52. The second kappa shape index (κ2) is 5.55. The minimum Gasteiger partial charge on any atom is -0.385 e. The molecule has 3 heteroatoms. The van der Waals surface area contributed by atoms with Crippen molar-refractivity contribution in [1.29, 1.82) is 0 Å². The van der Waals surface area contributed by atoms with Crippen molar-refractivity contribution in [2.75, 3.05) is 0 Å². The summed E-state index contributed by atoms with van der Waals surface area (Å²) in [6.45, 7) is 1.84. The molecule has 0 fully saturated rings. The molecule has 0 saturated carbocycles. The van der Waals surface area contributed by atoms with Crippen LogP contribution in [-0.2, 0) is 12.0 Å². The minimum atomic E-state index is -0.899. The highest BCUT2D eigenvalue weighted by Crippen LogP contribution is 2.32. The number of hydrogen-bond acceptors (Lipinski definition) is 1. The average Bonchev–Trinajstić information content (AvgIpc) is 2.32. The predicted molar refractivity (Wildman–Crippen MR) is 81.6 cm³/mol. The lowest BCUT2D eigenvalue weighted by Gasteiger charge is -2.25. The van der Waals surface area contributed by atoms with Crippen molar-refractivity contribution in [3.8, 4) is 0 Å². The molecule has 2 aromatic carbocycles. The van der Waals surface area contributed by atoms with E-state index in [1.54, 1.807) is 0 Å². The maximum Gasteiger partial charge on any atom is 0.0919 e. The van der Waals surface area contributed by atoms with E-state index >= 15 is 0 Å². The molecule has 0 aliphatic heterocycles. The zero-order chi connectivity index (χ0) is 13.2. The van der Waals surface area contributed by atoms with E-state index in [9.17, 15) is 5.11 Å². The highest BCUT2D eigenvalue weighted by atomic mass is 79.9. The molecule has 0 radical (unpaired) electrons. The summed E-state index contributed by atoms with van der Waals surface area (Å²) < 4.78 is 1.96. The lowest BCUT2D eigenvalue weighted by molar-refractivity contribution is 0.0567.